The lowest BCUT2D eigenvalue weighted by Gasteiger charge is -2.07. The number of nitrogens with one attached hydrogen (secondary N) is 1. The van der Waals surface area contributed by atoms with E-state index in [1.54, 1.807) is 48.7 Å². The molecule has 0 fully saturated rings. The molecule has 25 heavy (non-hydrogen) atoms. The van der Waals surface area contributed by atoms with Crippen molar-refractivity contribution in [1.29, 1.82) is 0 Å². The van der Waals surface area contributed by atoms with Gasteiger partial charge in [-0.3, -0.25) is 4.79 Å². The van der Waals surface area contributed by atoms with Crippen LogP contribution in [0.15, 0.2) is 71.3 Å². The number of carbonyl (C=O) groups excluding carboxylic acids is 1. The number of anilines is 2. The van der Waals surface area contributed by atoms with E-state index in [1.807, 2.05) is 18.2 Å². The third-order valence-electron chi connectivity index (χ3n) is 3.68. The van der Waals surface area contributed by atoms with Gasteiger partial charge in [0, 0.05) is 28.7 Å². The summed E-state index contributed by atoms with van der Waals surface area (Å²) in [6.45, 7) is 0. The number of nitrogen functional groups attached to an aromatic ring is 1. The number of aromatic nitrogens is 2. The highest BCUT2D eigenvalue weighted by Gasteiger charge is 2.11. The first kappa shape index (κ1) is 14.9. The average Bonchev–Trinajstić information content (AvgIpc) is 3.06. The number of rotatable bonds is 3. The molecule has 122 valence electrons. The number of carbonyl (C=O) groups is 1. The molecule has 2 heterocycles. The lowest BCUT2D eigenvalue weighted by Crippen LogP contribution is -2.12. The van der Waals surface area contributed by atoms with E-state index in [1.165, 1.54) is 0 Å². The highest BCUT2D eigenvalue weighted by molar-refractivity contribution is 6.05. The van der Waals surface area contributed by atoms with Crippen molar-refractivity contribution in [2.24, 2.45) is 0 Å². The van der Waals surface area contributed by atoms with Crippen LogP contribution in [0.4, 0.5) is 11.4 Å². The molecule has 0 bridgehead atoms. The van der Waals surface area contributed by atoms with Gasteiger partial charge < -0.3 is 15.5 Å². The molecule has 0 spiro atoms. The summed E-state index contributed by atoms with van der Waals surface area (Å²) in [5.74, 6) is 0.220. The van der Waals surface area contributed by atoms with E-state index in [-0.39, 0.29) is 5.91 Å². The number of fused-ring (bicyclic) bond motifs is 1. The molecule has 0 saturated heterocycles. The van der Waals surface area contributed by atoms with Gasteiger partial charge in [0.1, 0.15) is 0 Å². The summed E-state index contributed by atoms with van der Waals surface area (Å²) < 4.78 is 5.71. The van der Waals surface area contributed by atoms with Crippen LogP contribution >= 0.6 is 0 Å². The maximum atomic E-state index is 12.3. The number of hydrogen-bond acceptors (Lipinski definition) is 5. The molecule has 1 amide bonds. The maximum absolute atomic E-state index is 12.3. The zero-order valence-corrected chi connectivity index (χ0v) is 13.1. The van der Waals surface area contributed by atoms with E-state index in [9.17, 15) is 4.79 Å². The normalized spacial score (nSPS) is 10.7. The summed E-state index contributed by atoms with van der Waals surface area (Å²) in [4.78, 5) is 20.9. The Balaban J connectivity index is 1.62. The minimum atomic E-state index is -0.233. The molecule has 2 aromatic carbocycles. The first-order valence-corrected chi connectivity index (χ1v) is 7.68. The third-order valence-corrected chi connectivity index (χ3v) is 3.68. The summed E-state index contributed by atoms with van der Waals surface area (Å²) >= 11 is 0. The van der Waals surface area contributed by atoms with Gasteiger partial charge in [-0.25, -0.2) is 4.98 Å². The fraction of sp³-hybridized carbons (Fsp3) is 0. The number of nitrogens with two attached hydrogens (primary N) is 1. The number of amides is 1. The number of oxazole rings is 1. The van der Waals surface area contributed by atoms with Crippen LogP contribution in [0.3, 0.4) is 0 Å². The van der Waals surface area contributed by atoms with Crippen molar-refractivity contribution in [1.82, 2.24) is 9.97 Å². The molecule has 0 atom stereocenters. The standard InChI is InChI=1S/C19H14N4O2/c20-14-6-1-4-12(10-14)18(24)22-15-7-2-5-13(11-15)19-23-17-16(25-19)8-3-9-21-17/h1-11H,20H2,(H,22,24). The van der Waals surface area contributed by atoms with Crippen LogP contribution in [0, 0.1) is 0 Å². The van der Waals surface area contributed by atoms with Crippen LogP contribution in [0.5, 0.6) is 0 Å². The molecular weight excluding hydrogens is 316 g/mol. The Bertz CT molecular complexity index is 1040. The van der Waals surface area contributed by atoms with E-state index in [0.29, 0.717) is 34.1 Å². The van der Waals surface area contributed by atoms with Crippen molar-refractivity contribution in [2.75, 3.05) is 11.1 Å². The highest BCUT2D eigenvalue weighted by atomic mass is 16.3. The van der Waals surface area contributed by atoms with Gasteiger partial charge >= 0.3 is 0 Å². The largest absolute Gasteiger partial charge is 0.434 e. The molecule has 0 aliphatic heterocycles. The molecule has 0 radical (unpaired) electrons. The molecule has 0 aliphatic rings. The van der Waals surface area contributed by atoms with Gasteiger partial charge in [-0.15, -0.1) is 0 Å². The molecule has 4 aromatic rings. The quantitative estimate of drug-likeness (QED) is 0.558. The smallest absolute Gasteiger partial charge is 0.255 e. The van der Waals surface area contributed by atoms with Gasteiger partial charge in [0.2, 0.25) is 5.89 Å². The minimum Gasteiger partial charge on any atom is -0.434 e. The molecule has 0 saturated carbocycles. The van der Waals surface area contributed by atoms with Crippen molar-refractivity contribution in [3.05, 3.63) is 72.4 Å². The second kappa shape index (κ2) is 6.09. The molecule has 0 unspecified atom stereocenters. The van der Waals surface area contributed by atoms with Crippen molar-refractivity contribution in [3.8, 4) is 11.5 Å². The summed E-state index contributed by atoms with van der Waals surface area (Å²) in [6, 6.07) is 17.7. The number of benzene rings is 2. The van der Waals surface area contributed by atoms with Gasteiger partial charge in [0.25, 0.3) is 5.91 Å². The van der Waals surface area contributed by atoms with Crippen LogP contribution in [0.2, 0.25) is 0 Å². The summed E-state index contributed by atoms with van der Waals surface area (Å²) in [6.07, 6.45) is 1.66. The Kier molecular flexibility index (Phi) is 3.63. The van der Waals surface area contributed by atoms with E-state index >= 15 is 0 Å². The van der Waals surface area contributed by atoms with Crippen LogP contribution in [-0.2, 0) is 0 Å². The predicted octanol–water partition coefficient (Wildman–Crippen LogP) is 3.72. The summed E-state index contributed by atoms with van der Waals surface area (Å²) in [5.41, 5.74) is 9.32. The first-order chi connectivity index (χ1) is 12.2. The van der Waals surface area contributed by atoms with Crippen molar-refractivity contribution >= 4 is 28.5 Å². The lowest BCUT2D eigenvalue weighted by molar-refractivity contribution is 0.102. The molecule has 6 heteroatoms. The molecule has 0 aliphatic carbocycles. The number of nitrogens with zero attached hydrogens (tertiary/aromatic N) is 2. The Morgan fingerprint density at radius 1 is 1.04 bits per heavy atom. The van der Waals surface area contributed by atoms with Gasteiger partial charge in [-0.05, 0) is 48.5 Å². The SMILES string of the molecule is Nc1cccc(C(=O)Nc2cccc(-c3nc4ncccc4o3)c2)c1. The zero-order valence-electron chi connectivity index (χ0n) is 13.1. The van der Waals surface area contributed by atoms with Gasteiger partial charge in [0.05, 0.1) is 0 Å². The highest BCUT2D eigenvalue weighted by Crippen LogP contribution is 2.25. The minimum absolute atomic E-state index is 0.233. The van der Waals surface area contributed by atoms with Gasteiger partial charge in [-0.2, -0.15) is 4.98 Å². The van der Waals surface area contributed by atoms with Gasteiger partial charge in [-0.1, -0.05) is 12.1 Å². The summed E-state index contributed by atoms with van der Waals surface area (Å²) in [7, 11) is 0. The predicted molar refractivity (Wildman–Crippen MR) is 96.0 cm³/mol. The Hall–Kier alpha value is -3.67. The summed E-state index contributed by atoms with van der Waals surface area (Å²) in [5, 5.41) is 2.85. The van der Waals surface area contributed by atoms with E-state index in [4.69, 9.17) is 10.2 Å². The topological polar surface area (TPSA) is 94.0 Å². The average molecular weight is 330 g/mol. The van der Waals surface area contributed by atoms with Crippen molar-refractivity contribution in [2.45, 2.75) is 0 Å². The zero-order chi connectivity index (χ0) is 17.2. The lowest BCUT2D eigenvalue weighted by atomic mass is 10.1. The molecule has 2 aromatic heterocycles. The number of pyridine rings is 1. The second-order valence-electron chi connectivity index (χ2n) is 5.50. The third kappa shape index (κ3) is 3.05. The Labute approximate surface area is 143 Å². The van der Waals surface area contributed by atoms with E-state index in [2.05, 4.69) is 15.3 Å². The molecular formula is C19H14N4O2. The first-order valence-electron chi connectivity index (χ1n) is 7.68. The molecule has 3 N–H and O–H groups in total. The maximum Gasteiger partial charge on any atom is 0.255 e. The van der Waals surface area contributed by atoms with Crippen LogP contribution in [0.1, 0.15) is 10.4 Å². The van der Waals surface area contributed by atoms with E-state index < -0.39 is 0 Å². The molecule has 4 rings (SSSR count). The van der Waals surface area contributed by atoms with E-state index in [0.717, 1.165) is 5.56 Å². The fourth-order valence-electron chi connectivity index (χ4n) is 2.51. The van der Waals surface area contributed by atoms with Crippen LogP contribution < -0.4 is 11.1 Å². The molecule has 6 nitrogen and oxygen atoms in total. The number of hydrogen-bond donors (Lipinski definition) is 2. The monoisotopic (exact) mass is 330 g/mol. The van der Waals surface area contributed by atoms with Gasteiger partial charge in [0.15, 0.2) is 11.2 Å². The Morgan fingerprint density at radius 3 is 2.76 bits per heavy atom. The van der Waals surface area contributed by atoms with Crippen molar-refractivity contribution < 1.29 is 9.21 Å². The second-order valence-corrected chi connectivity index (χ2v) is 5.50. The van der Waals surface area contributed by atoms with Crippen LogP contribution in [0.25, 0.3) is 22.7 Å². The Morgan fingerprint density at radius 2 is 1.92 bits per heavy atom. The fourth-order valence-corrected chi connectivity index (χ4v) is 2.51. The van der Waals surface area contributed by atoms with Crippen LogP contribution in [-0.4, -0.2) is 15.9 Å². The van der Waals surface area contributed by atoms with Crippen molar-refractivity contribution in [3.63, 3.8) is 0 Å².